The average molecular weight is 312 g/mol. The van der Waals surface area contributed by atoms with Gasteiger partial charge in [0.05, 0.1) is 0 Å². The van der Waals surface area contributed by atoms with Gasteiger partial charge in [0, 0.05) is 26.2 Å². The SMILES string of the molecule is CC1NCCc2c1[nH]c1ccc(I)cc21. The Bertz CT molecular complexity index is 516. The van der Waals surface area contributed by atoms with Crippen molar-refractivity contribution in [2.24, 2.45) is 0 Å². The Balaban J connectivity index is 2.31. The lowest BCUT2D eigenvalue weighted by molar-refractivity contribution is 0.533. The monoisotopic (exact) mass is 312 g/mol. The molecule has 78 valence electrons. The first kappa shape index (κ1) is 9.66. The van der Waals surface area contributed by atoms with Crippen molar-refractivity contribution in [3.8, 4) is 0 Å². The minimum atomic E-state index is 0.457. The van der Waals surface area contributed by atoms with Crippen molar-refractivity contribution in [2.75, 3.05) is 6.54 Å². The summed E-state index contributed by atoms with van der Waals surface area (Å²) in [7, 11) is 0. The molecule has 1 atom stereocenters. The highest BCUT2D eigenvalue weighted by Gasteiger charge is 2.20. The molecule has 3 rings (SSSR count). The highest BCUT2D eigenvalue weighted by molar-refractivity contribution is 14.1. The van der Waals surface area contributed by atoms with E-state index in [0.717, 1.165) is 13.0 Å². The van der Waals surface area contributed by atoms with Crippen molar-refractivity contribution < 1.29 is 0 Å². The third-order valence-electron chi connectivity index (χ3n) is 3.16. The molecule has 3 heteroatoms. The molecule has 2 nitrogen and oxygen atoms in total. The first-order valence-electron chi connectivity index (χ1n) is 5.29. The molecule has 15 heavy (non-hydrogen) atoms. The summed E-state index contributed by atoms with van der Waals surface area (Å²) in [6.07, 6.45) is 1.14. The molecule has 0 fully saturated rings. The Morgan fingerprint density at radius 3 is 3.13 bits per heavy atom. The number of rotatable bonds is 0. The van der Waals surface area contributed by atoms with Crippen LogP contribution in [0.4, 0.5) is 0 Å². The second kappa shape index (κ2) is 3.49. The molecule has 0 spiro atoms. The molecule has 1 aromatic carbocycles. The summed E-state index contributed by atoms with van der Waals surface area (Å²) in [5.74, 6) is 0. The topological polar surface area (TPSA) is 27.8 Å². The molecule has 0 saturated carbocycles. The molecule has 1 aromatic heterocycles. The van der Waals surface area contributed by atoms with Crippen molar-refractivity contribution in [3.63, 3.8) is 0 Å². The van der Waals surface area contributed by atoms with Gasteiger partial charge in [-0.05, 0) is 66.2 Å². The van der Waals surface area contributed by atoms with Crippen LogP contribution in [-0.2, 0) is 6.42 Å². The second-order valence-corrected chi connectivity index (χ2v) is 5.38. The van der Waals surface area contributed by atoms with Crippen molar-refractivity contribution in [1.29, 1.82) is 0 Å². The Morgan fingerprint density at radius 2 is 2.27 bits per heavy atom. The van der Waals surface area contributed by atoms with Crippen LogP contribution in [0.25, 0.3) is 10.9 Å². The molecular formula is C12H13IN2. The zero-order chi connectivity index (χ0) is 10.4. The van der Waals surface area contributed by atoms with E-state index in [2.05, 4.69) is 58.0 Å². The molecule has 0 radical (unpaired) electrons. The predicted molar refractivity (Wildman–Crippen MR) is 71.1 cm³/mol. The van der Waals surface area contributed by atoms with E-state index in [1.54, 1.807) is 0 Å². The van der Waals surface area contributed by atoms with Gasteiger partial charge < -0.3 is 10.3 Å². The van der Waals surface area contributed by atoms with Crippen LogP contribution in [-0.4, -0.2) is 11.5 Å². The van der Waals surface area contributed by atoms with Gasteiger partial charge in [0.15, 0.2) is 0 Å². The molecule has 2 heterocycles. The van der Waals surface area contributed by atoms with E-state index in [9.17, 15) is 0 Å². The molecule has 0 bridgehead atoms. The molecule has 2 aromatic rings. The minimum absolute atomic E-state index is 0.457. The van der Waals surface area contributed by atoms with Crippen LogP contribution in [0.1, 0.15) is 24.2 Å². The van der Waals surface area contributed by atoms with Gasteiger partial charge in [-0.2, -0.15) is 0 Å². The lowest BCUT2D eigenvalue weighted by Crippen LogP contribution is -2.27. The third kappa shape index (κ3) is 1.49. The van der Waals surface area contributed by atoms with Gasteiger partial charge in [0.2, 0.25) is 0 Å². The summed E-state index contributed by atoms with van der Waals surface area (Å²) in [6, 6.07) is 7.08. The summed E-state index contributed by atoms with van der Waals surface area (Å²) < 4.78 is 1.31. The smallest absolute Gasteiger partial charge is 0.0460 e. The summed E-state index contributed by atoms with van der Waals surface area (Å²) in [6.45, 7) is 3.31. The molecule has 1 unspecified atom stereocenters. The quantitative estimate of drug-likeness (QED) is 0.719. The van der Waals surface area contributed by atoms with Gasteiger partial charge in [-0.15, -0.1) is 0 Å². The summed E-state index contributed by atoms with van der Waals surface area (Å²) >= 11 is 2.38. The number of halogens is 1. The van der Waals surface area contributed by atoms with Gasteiger partial charge in [-0.25, -0.2) is 0 Å². The van der Waals surface area contributed by atoms with Gasteiger partial charge in [0.25, 0.3) is 0 Å². The van der Waals surface area contributed by atoms with Gasteiger partial charge >= 0.3 is 0 Å². The van der Waals surface area contributed by atoms with E-state index in [1.165, 1.54) is 25.7 Å². The van der Waals surface area contributed by atoms with Crippen LogP contribution in [0.2, 0.25) is 0 Å². The Hall–Kier alpha value is -0.550. The summed E-state index contributed by atoms with van der Waals surface area (Å²) in [4.78, 5) is 3.53. The lowest BCUT2D eigenvalue weighted by Gasteiger charge is -2.20. The first-order chi connectivity index (χ1) is 7.25. The van der Waals surface area contributed by atoms with E-state index in [-0.39, 0.29) is 0 Å². The van der Waals surface area contributed by atoms with Crippen molar-refractivity contribution >= 4 is 33.5 Å². The molecule has 0 amide bonds. The Kier molecular flexibility index (Phi) is 2.25. The zero-order valence-electron chi connectivity index (χ0n) is 8.60. The van der Waals surface area contributed by atoms with Crippen LogP contribution in [0.3, 0.4) is 0 Å². The molecular weight excluding hydrogens is 299 g/mol. The predicted octanol–water partition coefficient (Wildman–Crippen LogP) is 2.98. The number of hydrogen-bond donors (Lipinski definition) is 2. The fourth-order valence-corrected chi connectivity index (χ4v) is 2.89. The summed E-state index contributed by atoms with van der Waals surface area (Å²) in [5, 5.41) is 4.89. The van der Waals surface area contributed by atoms with Gasteiger partial charge in [0.1, 0.15) is 0 Å². The first-order valence-corrected chi connectivity index (χ1v) is 6.37. The van der Waals surface area contributed by atoms with E-state index in [4.69, 9.17) is 0 Å². The van der Waals surface area contributed by atoms with E-state index in [0.29, 0.717) is 6.04 Å². The minimum Gasteiger partial charge on any atom is -0.357 e. The van der Waals surface area contributed by atoms with E-state index >= 15 is 0 Å². The van der Waals surface area contributed by atoms with Crippen molar-refractivity contribution in [3.05, 3.63) is 33.0 Å². The fraction of sp³-hybridized carbons (Fsp3) is 0.333. The Morgan fingerprint density at radius 1 is 1.40 bits per heavy atom. The normalized spacial score (nSPS) is 20.5. The van der Waals surface area contributed by atoms with Crippen molar-refractivity contribution in [1.82, 2.24) is 10.3 Å². The number of hydrogen-bond acceptors (Lipinski definition) is 1. The second-order valence-electron chi connectivity index (χ2n) is 4.13. The number of H-pyrrole nitrogens is 1. The number of nitrogens with one attached hydrogen (secondary N) is 2. The number of fused-ring (bicyclic) bond motifs is 3. The van der Waals surface area contributed by atoms with Crippen molar-refractivity contribution in [2.45, 2.75) is 19.4 Å². The van der Waals surface area contributed by atoms with Crippen LogP contribution in [0, 0.1) is 3.57 Å². The zero-order valence-corrected chi connectivity index (χ0v) is 10.8. The highest BCUT2D eigenvalue weighted by Crippen LogP contribution is 2.30. The maximum atomic E-state index is 3.53. The molecule has 0 aliphatic carbocycles. The number of aromatic nitrogens is 1. The van der Waals surface area contributed by atoms with Gasteiger partial charge in [-0.3, -0.25) is 0 Å². The maximum Gasteiger partial charge on any atom is 0.0460 e. The third-order valence-corrected chi connectivity index (χ3v) is 3.83. The summed E-state index contributed by atoms with van der Waals surface area (Å²) in [5.41, 5.74) is 4.16. The van der Waals surface area contributed by atoms with Crippen LogP contribution >= 0.6 is 22.6 Å². The average Bonchev–Trinajstić information content (AvgIpc) is 2.58. The molecule has 0 saturated heterocycles. The van der Waals surface area contributed by atoms with Crippen LogP contribution in [0.15, 0.2) is 18.2 Å². The molecule has 2 N–H and O–H groups in total. The number of benzene rings is 1. The molecule has 1 aliphatic rings. The van der Waals surface area contributed by atoms with E-state index < -0.39 is 0 Å². The number of aromatic amines is 1. The maximum absolute atomic E-state index is 3.53. The Labute approximate surface area is 103 Å². The lowest BCUT2D eigenvalue weighted by atomic mass is 10.0. The van der Waals surface area contributed by atoms with Crippen LogP contribution < -0.4 is 5.32 Å². The highest BCUT2D eigenvalue weighted by atomic mass is 127. The standard InChI is InChI=1S/C12H13IN2/c1-7-12-9(4-5-14-7)10-6-8(13)2-3-11(10)15-12/h2-3,6-7,14-15H,4-5H2,1H3. The van der Waals surface area contributed by atoms with Crippen LogP contribution in [0.5, 0.6) is 0 Å². The largest absolute Gasteiger partial charge is 0.357 e. The molecule has 1 aliphatic heterocycles. The van der Waals surface area contributed by atoms with E-state index in [1.807, 2.05) is 0 Å². The van der Waals surface area contributed by atoms with Gasteiger partial charge in [-0.1, -0.05) is 0 Å². The fourth-order valence-electron chi connectivity index (χ4n) is 2.40.